The molecule has 0 spiro atoms. The summed E-state index contributed by atoms with van der Waals surface area (Å²) in [5, 5.41) is 7.41. The van der Waals surface area contributed by atoms with E-state index in [1.54, 1.807) is 61.8 Å². The highest BCUT2D eigenvalue weighted by atomic mass is 19.1. The Labute approximate surface area is 200 Å². The third-order valence-electron chi connectivity index (χ3n) is 5.22. The monoisotopic (exact) mass is 478 g/mol. The molecular weight excluding hydrogens is 455 g/mol. The minimum Gasteiger partial charge on any atom is -0.497 e. The number of amides is 3. The molecule has 4 aromatic rings. The standard InChI is InChI=1S/C24H23FN6O4/c1-34-17-10-9-15(20(12-17)35-2)13-27-24(33)29-28-23(32)21-18-7-5-11-26-22(18)31(30-21)14-16-6-3-4-8-19(16)25/h3-12H,13-14H2,1-2H3,(H,28,32)(H2,27,29,33). The number of pyridine rings is 1. The van der Waals surface area contributed by atoms with Gasteiger partial charge in [0, 0.05) is 29.9 Å². The Kier molecular flexibility index (Phi) is 7.05. The summed E-state index contributed by atoms with van der Waals surface area (Å²) in [6, 6.07) is 14.2. The van der Waals surface area contributed by atoms with Crippen molar-refractivity contribution in [3.05, 3.63) is 83.4 Å². The highest BCUT2D eigenvalue weighted by Crippen LogP contribution is 2.24. The third-order valence-corrected chi connectivity index (χ3v) is 5.22. The average Bonchev–Trinajstić information content (AvgIpc) is 3.25. The lowest BCUT2D eigenvalue weighted by Crippen LogP contribution is -2.46. The molecule has 2 heterocycles. The summed E-state index contributed by atoms with van der Waals surface area (Å²) < 4.78 is 26.0. The van der Waals surface area contributed by atoms with Gasteiger partial charge in [0.1, 0.15) is 17.3 Å². The molecule has 2 aromatic heterocycles. The molecule has 0 aliphatic rings. The molecule has 0 atom stereocenters. The first-order valence-corrected chi connectivity index (χ1v) is 10.6. The van der Waals surface area contributed by atoms with Gasteiger partial charge in [-0.1, -0.05) is 18.2 Å². The molecular formula is C24H23FN6O4. The molecule has 0 fully saturated rings. The lowest BCUT2D eigenvalue weighted by atomic mass is 10.2. The first-order valence-electron chi connectivity index (χ1n) is 10.6. The molecule has 180 valence electrons. The molecule has 10 nitrogen and oxygen atoms in total. The molecule has 3 N–H and O–H groups in total. The summed E-state index contributed by atoms with van der Waals surface area (Å²) in [6.45, 7) is 0.240. The van der Waals surface area contributed by atoms with E-state index >= 15 is 0 Å². The van der Waals surface area contributed by atoms with E-state index in [1.807, 2.05) is 0 Å². The SMILES string of the molecule is COc1ccc(CNC(=O)NNC(=O)c2nn(Cc3ccccc3F)c3ncccc23)c(OC)c1. The van der Waals surface area contributed by atoms with Crippen molar-refractivity contribution in [2.24, 2.45) is 0 Å². The first-order chi connectivity index (χ1) is 17.0. The van der Waals surface area contributed by atoms with Crippen molar-refractivity contribution in [1.29, 1.82) is 0 Å². The largest absolute Gasteiger partial charge is 0.497 e. The summed E-state index contributed by atoms with van der Waals surface area (Å²) in [7, 11) is 3.06. The van der Waals surface area contributed by atoms with Crippen LogP contribution in [0, 0.1) is 5.82 Å². The Bertz CT molecular complexity index is 1370. The normalized spacial score (nSPS) is 10.6. The number of benzene rings is 2. The molecule has 0 aliphatic carbocycles. The fourth-order valence-electron chi connectivity index (χ4n) is 3.47. The van der Waals surface area contributed by atoms with Crippen LogP contribution in [0.4, 0.5) is 9.18 Å². The summed E-state index contributed by atoms with van der Waals surface area (Å²) in [5.74, 6) is 0.142. The number of hydrogen-bond donors (Lipinski definition) is 3. The summed E-state index contributed by atoms with van der Waals surface area (Å²) >= 11 is 0. The molecule has 0 radical (unpaired) electrons. The Balaban J connectivity index is 1.42. The molecule has 0 bridgehead atoms. The zero-order valence-electron chi connectivity index (χ0n) is 19.0. The van der Waals surface area contributed by atoms with Gasteiger partial charge in [-0.25, -0.2) is 24.3 Å². The maximum absolute atomic E-state index is 14.1. The van der Waals surface area contributed by atoms with Crippen LogP contribution in [0.2, 0.25) is 0 Å². The maximum Gasteiger partial charge on any atom is 0.333 e. The molecule has 0 aliphatic heterocycles. The fourth-order valence-corrected chi connectivity index (χ4v) is 3.47. The molecule has 0 unspecified atom stereocenters. The topological polar surface area (TPSA) is 119 Å². The van der Waals surface area contributed by atoms with E-state index in [4.69, 9.17) is 9.47 Å². The fraction of sp³-hybridized carbons (Fsp3) is 0.167. The molecule has 0 saturated carbocycles. The summed E-state index contributed by atoms with van der Waals surface area (Å²) in [4.78, 5) is 29.3. The quantitative estimate of drug-likeness (QED) is 0.352. The Morgan fingerprint density at radius 1 is 1.00 bits per heavy atom. The molecule has 2 aromatic carbocycles. The number of nitrogens with zero attached hydrogens (tertiary/aromatic N) is 3. The number of nitrogens with one attached hydrogen (secondary N) is 3. The van der Waals surface area contributed by atoms with E-state index in [0.29, 0.717) is 28.1 Å². The van der Waals surface area contributed by atoms with Gasteiger partial charge in [0.2, 0.25) is 0 Å². The number of rotatable bonds is 7. The van der Waals surface area contributed by atoms with Crippen molar-refractivity contribution in [2.45, 2.75) is 13.1 Å². The number of urea groups is 1. The smallest absolute Gasteiger partial charge is 0.333 e. The van der Waals surface area contributed by atoms with Crippen molar-refractivity contribution >= 4 is 23.0 Å². The van der Waals surface area contributed by atoms with Gasteiger partial charge in [-0.2, -0.15) is 5.10 Å². The number of aromatic nitrogens is 3. The van der Waals surface area contributed by atoms with Gasteiger partial charge in [0.15, 0.2) is 11.3 Å². The number of methoxy groups -OCH3 is 2. The van der Waals surface area contributed by atoms with Crippen LogP contribution in [0.15, 0.2) is 60.8 Å². The number of carbonyl (C=O) groups is 2. The van der Waals surface area contributed by atoms with Gasteiger partial charge in [0.25, 0.3) is 5.91 Å². The van der Waals surface area contributed by atoms with Gasteiger partial charge in [-0.15, -0.1) is 0 Å². The van der Waals surface area contributed by atoms with E-state index in [1.165, 1.54) is 17.9 Å². The second-order valence-electron chi connectivity index (χ2n) is 7.41. The highest BCUT2D eigenvalue weighted by molar-refractivity contribution is 6.04. The van der Waals surface area contributed by atoms with Crippen LogP contribution in [0.25, 0.3) is 11.0 Å². The van der Waals surface area contributed by atoms with E-state index < -0.39 is 11.9 Å². The molecule has 0 saturated heterocycles. The van der Waals surface area contributed by atoms with Crippen LogP contribution in [0.5, 0.6) is 11.5 Å². The van der Waals surface area contributed by atoms with E-state index in [2.05, 4.69) is 26.3 Å². The van der Waals surface area contributed by atoms with E-state index in [0.717, 1.165) is 5.56 Å². The number of carbonyl (C=O) groups excluding carboxylic acids is 2. The Morgan fingerprint density at radius 2 is 1.83 bits per heavy atom. The van der Waals surface area contributed by atoms with Crippen LogP contribution in [0.3, 0.4) is 0 Å². The van der Waals surface area contributed by atoms with Gasteiger partial charge >= 0.3 is 6.03 Å². The maximum atomic E-state index is 14.1. The number of hydrazine groups is 1. The van der Waals surface area contributed by atoms with Crippen LogP contribution >= 0.6 is 0 Å². The van der Waals surface area contributed by atoms with Gasteiger partial charge < -0.3 is 14.8 Å². The predicted octanol–water partition coefficient (Wildman–Crippen LogP) is 2.78. The van der Waals surface area contributed by atoms with Crippen molar-refractivity contribution in [3.8, 4) is 11.5 Å². The molecule has 35 heavy (non-hydrogen) atoms. The Morgan fingerprint density at radius 3 is 2.60 bits per heavy atom. The van der Waals surface area contributed by atoms with Crippen molar-refractivity contribution in [1.82, 2.24) is 30.9 Å². The summed E-state index contributed by atoms with van der Waals surface area (Å²) in [5.41, 5.74) is 6.21. The zero-order valence-corrected chi connectivity index (χ0v) is 19.0. The second-order valence-corrected chi connectivity index (χ2v) is 7.41. The van der Waals surface area contributed by atoms with Crippen molar-refractivity contribution in [3.63, 3.8) is 0 Å². The van der Waals surface area contributed by atoms with Gasteiger partial charge in [-0.05, 0) is 30.3 Å². The van der Waals surface area contributed by atoms with Crippen LogP contribution in [0.1, 0.15) is 21.6 Å². The second kappa shape index (κ2) is 10.5. The predicted molar refractivity (Wildman–Crippen MR) is 125 cm³/mol. The van der Waals surface area contributed by atoms with Crippen LogP contribution in [-0.4, -0.2) is 40.9 Å². The molecule has 4 rings (SSSR count). The highest BCUT2D eigenvalue weighted by Gasteiger charge is 2.19. The van der Waals surface area contributed by atoms with E-state index in [9.17, 15) is 14.0 Å². The Hall–Kier alpha value is -4.67. The van der Waals surface area contributed by atoms with Crippen molar-refractivity contribution < 1.29 is 23.5 Å². The number of hydrogen-bond acceptors (Lipinski definition) is 6. The first kappa shape index (κ1) is 23.5. The minimum absolute atomic E-state index is 0.0431. The molecule has 3 amide bonds. The third kappa shape index (κ3) is 5.29. The van der Waals surface area contributed by atoms with Crippen LogP contribution in [-0.2, 0) is 13.1 Å². The van der Waals surface area contributed by atoms with E-state index in [-0.39, 0.29) is 24.6 Å². The van der Waals surface area contributed by atoms with Gasteiger partial charge in [-0.3, -0.25) is 10.2 Å². The average molecular weight is 478 g/mol. The van der Waals surface area contributed by atoms with Crippen molar-refractivity contribution in [2.75, 3.05) is 14.2 Å². The molecule has 11 heteroatoms. The zero-order chi connectivity index (χ0) is 24.8. The lowest BCUT2D eigenvalue weighted by molar-refractivity contribution is 0.0932. The lowest BCUT2D eigenvalue weighted by Gasteiger charge is -2.12. The number of ether oxygens (including phenoxy) is 2. The number of fused-ring (bicyclic) bond motifs is 1. The summed E-state index contributed by atoms with van der Waals surface area (Å²) in [6.07, 6.45) is 1.56. The van der Waals surface area contributed by atoms with Gasteiger partial charge in [0.05, 0.1) is 26.2 Å². The van der Waals surface area contributed by atoms with Crippen LogP contribution < -0.4 is 25.6 Å². The number of halogens is 1. The minimum atomic E-state index is -0.646.